The van der Waals surface area contributed by atoms with Crippen molar-refractivity contribution in [3.05, 3.63) is 64.2 Å². The van der Waals surface area contributed by atoms with Gasteiger partial charge in [-0.15, -0.1) is 0 Å². The Labute approximate surface area is 133 Å². The number of hydrogen-bond donors (Lipinski definition) is 1. The Kier molecular flexibility index (Phi) is 4.92. The number of amides is 1. The number of nitrogens with one attached hydrogen (secondary N) is 1. The molecule has 22 heavy (non-hydrogen) atoms. The number of ketones is 1. The smallest absolute Gasteiger partial charge is 0.238 e. The molecule has 0 bridgehead atoms. The van der Waals surface area contributed by atoms with Crippen molar-refractivity contribution in [2.24, 2.45) is 0 Å². The Morgan fingerprint density at radius 2 is 1.77 bits per heavy atom. The number of carbonyl (C=O) groups excluding carboxylic acids is 2. The molecule has 110 valence electrons. The number of nitriles is 1. The van der Waals surface area contributed by atoms with Crippen LogP contribution < -0.4 is 5.32 Å². The molecule has 0 aliphatic heterocycles. The Morgan fingerprint density at radius 1 is 1.14 bits per heavy atom. The Hall–Kier alpha value is -2.64. The van der Waals surface area contributed by atoms with Gasteiger partial charge in [-0.3, -0.25) is 9.59 Å². The SMILES string of the molecule is Cc1ccc(C(=O)c2ccc(Cl)c(NC(=O)CC#N)c2)cc1. The van der Waals surface area contributed by atoms with Crippen molar-refractivity contribution in [1.82, 2.24) is 0 Å². The average molecular weight is 313 g/mol. The first-order valence-electron chi connectivity index (χ1n) is 6.59. The van der Waals surface area contributed by atoms with Crippen LogP contribution in [-0.4, -0.2) is 11.7 Å². The molecule has 0 aromatic heterocycles. The highest BCUT2D eigenvalue weighted by atomic mass is 35.5. The quantitative estimate of drug-likeness (QED) is 0.874. The number of hydrogen-bond acceptors (Lipinski definition) is 3. The van der Waals surface area contributed by atoms with Crippen LogP contribution in [0.5, 0.6) is 0 Å². The maximum atomic E-state index is 12.4. The summed E-state index contributed by atoms with van der Waals surface area (Å²) in [6, 6.07) is 13.6. The molecule has 2 aromatic rings. The molecular formula is C17H13ClN2O2. The van der Waals surface area contributed by atoms with Crippen LogP contribution in [0.2, 0.25) is 5.02 Å². The monoisotopic (exact) mass is 312 g/mol. The van der Waals surface area contributed by atoms with Crippen LogP contribution in [-0.2, 0) is 4.79 Å². The van der Waals surface area contributed by atoms with Crippen molar-refractivity contribution in [1.29, 1.82) is 5.26 Å². The van der Waals surface area contributed by atoms with Gasteiger partial charge in [-0.1, -0.05) is 41.4 Å². The van der Waals surface area contributed by atoms with Gasteiger partial charge in [-0.2, -0.15) is 5.26 Å². The maximum absolute atomic E-state index is 12.4. The third kappa shape index (κ3) is 3.72. The van der Waals surface area contributed by atoms with Gasteiger partial charge in [0.15, 0.2) is 5.78 Å². The van der Waals surface area contributed by atoms with Gasteiger partial charge in [0.1, 0.15) is 6.42 Å². The predicted octanol–water partition coefficient (Wildman–Crippen LogP) is 3.73. The summed E-state index contributed by atoms with van der Waals surface area (Å²) in [4.78, 5) is 23.9. The fraction of sp³-hybridized carbons (Fsp3) is 0.118. The molecule has 2 rings (SSSR count). The van der Waals surface area contributed by atoms with E-state index < -0.39 is 5.91 Å². The van der Waals surface area contributed by atoms with Gasteiger partial charge >= 0.3 is 0 Å². The highest BCUT2D eigenvalue weighted by molar-refractivity contribution is 6.34. The number of carbonyl (C=O) groups is 2. The minimum atomic E-state index is -0.468. The first kappa shape index (κ1) is 15.7. The topological polar surface area (TPSA) is 70.0 Å². The summed E-state index contributed by atoms with van der Waals surface area (Å²) in [5, 5.41) is 11.3. The van der Waals surface area contributed by atoms with E-state index in [-0.39, 0.29) is 12.2 Å². The van der Waals surface area contributed by atoms with E-state index in [0.717, 1.165) is 5.56 Å². The first-order valence-corrected chi connectivity index (χ1v) is 6.97. The molecule has 0 spiro atoms. The van der Waals surface area contributed by atoms with E-state index in [1.165, 1.54) is 6.07 Å². The predicted molar refractivity (Wildman–Crippen MR) is 84.9 cm³/mol. The van der Waals surface area contributed by atoms with E-state index in [9.17, 15) is 9.59 Å². The molecule has 0 heterocycles. The molecule has 0 atom stereocenters. The molecule has 1 amide bonds. The summed E-state index contributed by atoms with van der Waals surface area (Å²) in [6.45, 7) is 1.94. The second-order valence-electron chi connectivity index (χ2n) is 4.77. The zero-order valence-corrected chi connectivity index (χ0v) is 12.6. The molecule has 1 N–H and O–H groups in total. The lowest BCUT2D eigenvalue weighted by Gasteiger charge is -2.08. The molecule has 2 aromatic carbocycles. The van der Waals surface area contributed by atoms with Gasteiger partial charge < -0.3 is 5.32 Å². The van der Waals surface area contributed by atoms with E-state index in [1.807, 2.05) is 19.1 Å². The Balaban J connectivity index is 2.29. The second kappa shape index (κ2) is 6.88. The highest BCUT2D eigenvalue weighted by Gasteiger charge is 2.12. The van der Waals surface area contributed by atoms with Crippen LogP contribution in [0.1, 0.15) is 27.9 Å². The minimum Gasteiger partial charge on any atom is -0.324 e. The summed E-state index contributed by atoms with van der Waals surface area (Å²) in [6.07, 6.45) is -0.271. The number of benzene rings is 2. The van der Waals surface area contributed by atoms with Gasteiger partial charge in [-0.25, -0.2) is 0 Å². The third-order valence-corrected chi connectivity index (χ3v) is 3.39. The van der Waals surface area contributed by atoms with Crippen LogP contribution in [0.4, 0.5) is 5.69 Å². The van der Waals surface area contributed by atoms with Crippen molar-refractivity contribution >= 4 is 29.0 Å². The van der Waals surface area contributed by atoms with Crippen LogP contribution in [0.3, 0.4) is 0 Å². The third-order valence-electron chi connectivity index (χ3n) is 3.06. The number of nitrogens with zero attached hydrogens (tertiary/aromatic N) is 1. The second-order valence-corrected chi connectivity index (χ2v) is 5.18. The molecule has 0 saturated carbocycles. The lowest BCUT2D eigenvalue weighted by atomic mass is 10.0. The van der Waals surface area contributed by atoms with Crippen LogP contribution in [0.25, 0.3) is 0 Å². The minimum absolute atomic E-state index is 0.160. The van der Waals surface area contributed by atoms with Crippen molar-refractivity contribution in [2.75, 3.05) is 5.32 Å². The maximum Gasteiger partial charge on any atom is 0.238 e. The van der Waals surface area contributed by atoms with E-state index in [1.54, 1.807) is 30.3 Å². The molecule has 0 aliphatic carbocycles. The Morgan fingerprint density at radius 3 is 2.41 bits per heavy atom. The lowest BCUT2D eigenvalue weighted by Crippen LogP contribution is -2.11. The fourth-order valence-corrected chi connectivity index (χ4v) is 2.06. The van der Waals surface area contributed by atoms with Gasteiger partial charge in [0, 0.05) is 11.1 Å². The molecular weight excluding hydrogens is 300 g/mol. The van der Waals surface area contributed by atoms with Crippen molar-refractivity contribution < 1.29 is 9.59 Å². The molecule has 5 heteroatoms. The van der Waals surface area contributed by atoms with E-state index in [4.69, 9.17) is 16.9 Å². The molecule has 0 aliphatic rings. The Bertz CT molecular complexity index is 761. The molecule has 0 saturated heterocycles. The van der Waals surface area contributed by atoms with Crippen molar-refractivity contribution in [3.8, 4) is 6.07 Å². The van der Waals surface area contributed by atoms with Gasteiger partial charge in [0.05, 0.1) is 16.8 Å². The fourth-order valence-electron chi connectivity index (χ4n) is 1.90. The number of rotatable bonds is 4. The largest absolute Gasteiger partial charge is 0.324 e. The molecule has 0 fully saturated rings. The number of anilines is 1. The average Bonchev–Trinajstić information content (AvgIpc) is 2.50. The van der Waals surface area contributed by atoms with Crippen LogP contribution in [0.15, 0.2) is 42.5 Å². The summed E-state index contributed by atoms with van der Waals surface area (Å²) < 4.78 is 0. The zero-order chi connectivity index (χ0) is 16.1. The molecule has 0 radical (unpaired) electrons. The lowest BCUT2D eigenvalue weighted by molar-refractivity contribution is -0.115. The summed E-state index contributed by atoms with van der Waals surface area (Å²) in [5.74, 6) is -0.628. The normalized spacial score (nSPS) is 9.86. The highest BCUT2D eigenvalue weighted by Crippen LogP contribution is 2.24. The van der Waals surface area contributed by atoms with Gasteiger partial charge in [-0.05, 0) is 25.1 Å². The van der Waals surface area contributed by atoms with Gasteiger partial charge in [0.25, 0.3) is 0 Å². The van der Waals surface area contributed by atoms with E-state index >= 15 is 0 Å². The van der Waals surface area contributed by atoms with Crippen molar-refractivity contribution in [3.63, 3.8) is 0 Å². The van der Waals surface area contributed by atoms with Gasteiger partial charge in [0.2, 0.25) is 5.91 Å². The van der Waals surface area contributed by atoms with Crippen LogP contribution >= 0.6 is 11.6 Å². The zero-order valence-electron chi connectivity index (χ0n) is 11.9. The van der Waals surface area contributed by atoms with E-state index in [2.05, 4.69) is 5.32 Å². The summed E-state index contributed by atoms with van der Waals surface area (Å²) in [5.41, 5.74) is 2.36. The number of aryl methyl sites for hydroxylation is 1. The first-order chi connectivity index (χ1) is 10.5. The standard InChI is InChI=1S/C17H13ClN2O2/c1-11-2-4-12(5-3-11)17(22)13-6-7-14(18)15(10-13)20-16(21)8-9-19/h2-7,10H,8H2,1H3,(H,20,21). The molecule has 0 unspecified atom stereocenters. The summed E-state index contributed by atoms with van der Waals surface area (Å²) >= 11 is 6.00. The van der Waals surface area contributed by atoms with E-state index in [0.29, 0.717) is 21.8 Å². The summed E-state index contributed by atoms with van der Waals surface area (Å²) in [7, 11) is 0. The van der Waals surface area contributed by atoms with Crippen LogP contribution in [0, 0.1) is 18.3 Å². The van der Waals surface area contributed by atoms with Crippen molar-refractivity contribution in [2.45, 2.75) is 13.3 Å². The number of halogens is 1. The molecule has 4 nitrogen and oxygen atoms in total.